The summed E-state index contributed by atoms with van der Waals surface area (Å²) in [4.78, 5) is 13.5. The molecule has 0 aliphatic rings. The van der Waals surface area contributed by atoms with Crippen LogP contribution < -0.4 is 20.5 Å². The number of hydrogen-bond acceptors (Lipinski definition) is 7. The SMILES string of the molecule is COc1ccc(NC(=O)Cn2nnc(-c3ccccc3N)n2)c(OC)c1. The molecule has 0 radical (unpaired) electrons. The summed E-state index contributed by atoms with van der Waals surface area (Å²) >= 11 is 0. The molecular weight excluding hydrogens is 336 g/mol. The minimum atomic E-state index is -0.321. The van der Waals surface area contributed by atoms with Gasteiger partial charge in [-0.15, -0.1) is 10.2 Å². The largest absolute Gasteiger partial charge is 0.497 e. The Balaban J connectivity index is 1.71. The predicted molar refractivity (Wildman–Crippen MR) is 95.8 cm³/mol. The Morgan fingerprint density at radius 3 is 2.73 bits per heavy atom. The number of amides is 1. The van der Waals surface area contributed by atoms with E-state index in [9.17, 15) is 4.79 Å². The van der Waals surface area contributed by atoms with E-state index in [4.69, 9.17) is 15.2 Å². The normalized spacial score (nSPS) is 10.4. The molecule has 0 bridgehead atoms. The van der Waals surface area contributed by atoms with Crippen molar-refractivity contribution in [3.8, 4) is 22.9 Å². The van der Waals surface area contributed by atoms with Crippen LogP contribution in [0, 0.1) is 0 Å². The maximum Gasteiger partial charge on any atom is 0.248 e. The van der Waals surface area contributed by atoms with Gasteiger partial charge in [0.1, 0.15) is 18.0 Å². The van der Waals surface area contributed by atoms with Gasteiger partial charge < -0.3 is 20.5 Å². The number of rotatable bonds is 6. The van der Waals surface area contributed by atoms with Crippen LogP contribution >= 0.6 is 0 Å². The summed E-state index contributed by atoms with van der Waals surface area (Å²) in [6.07, 6.45) is 0. The fourth-order valence-corrected chi connectivity index (χ4v) is 2.34. The van der Waals surface area contributed by atoms with Crippen molar-refractivity contribution in [2.24, 2.45) is 0 Å². The number of carbonyl (C=O) groups is 1. The number of anilines is 2. The van der Waals surface area contributed by atoms with E-state index in [1.54, 1.807) is 37.4 Å². The summed E-state index contributed by atoms with van der Waals surface area (Å²) in [5.41, 5.74) is 7.62. The molecule has 0 spiro atoms. The van der Waals surface area contributed by atoms with E-state index in [0.717, 1.165) is 0 Å². The number of nitrogens with one attached hydrogen (secondary N) is 1. The van der Waals surface area contributed by atoms with Gasteiger partial charge in [-0.2, -0.15) is 4.80 Å². The smallest absolute Gasteiger partial charge is 0.248 e. The molecular formula is C17H18N6O3. The summed E-state index contributed by atoms with van der Waals surface area (Å²) in [6.45, 7) is -0.102. The number of nitrogens with two attached hydrogens (primary N) is 1. The molecule has 0 fully saturated rings. The Kier molecular flexibility index (Phi) is 4.97. The van der Waals surface area contributed by atoms with Crippen molar-refractivity contribution >= 4 is 17.3 Å². The number of carbonyl (C=O) groups excluding carboxylic acids is 1. The van der Waals surface area contributed by atoms with E-state index < -0.39 is 0 Å². The van der Waals surface area contributed by atoms with Crippen molar-refractivity contribution in [1.29, 1.82) is 0 Å². The van der Waals surface area contributed by atoms with Gasteiger partial charge in [-0.25, -0.2) is 0 Å². The number of hydrogen-bond donors (Lipinski definition) is 2. The third-order valence-corrected chi connectivity index (χ3v) is 3.62. The molecule has 1 heterocycles. The van der Waals surface area contributed by atoms with Crippen LogP contribution in [0.1, 0.15) is 0 Å². The van der Waals surface area contributed by atoms with Crippen molar-refractivity contribution in [3.63, 3.8) is 0 Å². The average molecular weight is 354 g/mol. The summed E-state index contributed by atoms with van der Waals surface area (Å²) in [5.74, 6) is 1.15. The fourth-order valence-electron chi connectivity index (χ4n) is 2.34. The Morgan fingerprint density at radius 2 is 2.00 bits per heavy atom. The summed E-state index contributed by atoms with van der Waals surface area (Å²) < 4.78 is 10.4. The van der Waals surface area contributed by atoms with E-state index in [1.165, 1.54) is 11.9 Å². The highest BCUT2D eigenvalue weighted by Gasteiger charge is 2.13. The zero-order valence-electron chi connectivity index (χ0n) is 14.3. The van der Waals surface area contributed by atoms with Gasteiger partial charge in [0.2, 0.25) is 11.7 Å². The average Bonchev–Trinajstić information content (AvgIpc) is 3.10. The molecule has 0 unspecified atom stereocenters. The molecule has 0 saturated heterocycles. The topological polar surface area (TPSA) is 117 Å². The van der Waals surface area contributed by atoms with Crippen LogP contribution in [0.2, 0.25) is 0 Å². The molecule has 0 aliphatic heterocycles. The summed E-state index contributed by atoms with van der Waals surface area (Å²) in [6, 6.07) is 12.3. The third kappa shape index (κ3) is 3.72. The number of methoxy groups -OCH3 is 2. The molecule has 3 N–H and O–H groups in total. The first kappa shape index (κ1) is 17.2. The molecule has 3 aromatic rings. The van der Waals surface area contributed by atoms with Gasteiger partial charge in [0.05, 0.1) is 19.9 Å². The van der Waals surface area contributed by atoms with Crippen molar-refractivity contribution in [3.05, 3.63) is 42.5 Å². The number of ether oxygens (including phenoxy) is 2. The third-order valence-electron chi connectivity index (χ3n) is 3.62. The van der Waals surface area contributed by atoms with Crippen LogP contribution in [0.4, 0.5) is 11.4 Å². The zero-order valence-corrected chi connectivity index (χ0v) is 14.3. The molecule has 0 atom stereocenters. The van der Waals surface area contributed by atoms with Crippen LogP contribution in [-0.2, 0) is 11.3 Å². The van der Waals surface area contributed by atoms with Crippen molar-refractivity contribution in [2.45, 2.75) is 6.54 Å². The van der Waals surface area contributed by atoms with Gasteiger partial charge in [0.25, 0.3) is 0 Å². The van der Waals surface area contributed by atoms with Gasteiger partial charge in [0, 0.05) is 17.3 Å². The highest BCUT2D eigenvalue weighted by molar-refractivity contribution is 5.92. The van der Waals surface area contributed by atoms with E-state index in [1.807, 2.05) is 12.1 Å². The Hall–Kier alpha value is -3.62. The molecule has 26 heavy (non-hydrogen) atoms. The molecule has 9 heteroatoms. The number of nitrogen functional groups attached to an aromatic ring is 1. The molecule has 0 aliphatic carbocycles. The van der Waals surface area contributed by atoms with E-state index >= 15 is 0 Å². The van der Waals surface area contributed by atoms with Gasteiger partial charge in [0.15, 0.2) is 0 Å². The Bertz CT molecular complexity index is 924. The van der Waals surface area contributed by atoms with Crippen LogP contribution in [0.15, 0.2) is 42.5 Å². The number of nitrogens with zero attached hydrogens (tertiary/aromatic N) is 4. The van der Waals surface area contributed by atoms with Crippen LogP contribution in [-0.4, -0.2) is 40.3 Å². The monoisotopic (exact) mass is 354 g/mol. The molecule has 9 nitrogen and oxygen atoms in total. The lowest BCUT2D eigenvalue weighted by molar-refractivity contribution is -0.117. The standard InChI is InChI=1S/C17H18N6O3/c1-25-11-7-8-14(15(9-11)26-2)19-16(24)10-23-21-17(20-22-23)12-5-3-4-6-13(12)18/h3-9H,10,18H2,1-2H3,(H,19,24). The minimum Gasteiger partial charge on any atom is -0.497 e. The lowest BCUT2D eigenvalue weighted by atomic mass is 10.2. The molecule has 134 valence electrons. The van der Waals surface area contributed by atoms with Crippen molar-refractivity contribution < 1.29 is 14.3 Å². The highest BCUT2D eigenvalue weighted by Crippen LogP contribution is 2.29. The maximum atomic E-state index is 12.3. The molecule has 1 aromatic heterocycles. The van der Waals surface area contributed by atoms with Crippen LogP contribution in [0.25, 0.3) is 11.4 Å². The highest BCUT2D eigenvalue weighted by atomic mass is 16.5. The summed E-state index contributed by atoms with van der Waals surface area (Å²) in [7, 11) is 3.07. The quantitative estimate of drug-likeness (QED) is 0.645. The first-order valence-electron chi connectivity index (χ1n) is 7.75. The number of para-hydroxylation sites is 1. The molecule has 3 rings (SSSR count). The molecule has 1 amide bonds. The lowest BCUT2D eigenvalue weighted by Crippen LogP contribution is -2.20. The van der Waals surface area contributed by atoms with Gasteiger partial charge in [-0.05, 0) is 29.5 Å². The van der Waals surface area contributed by atoms with Crippen LogP contribution in [0.3, 0.4) is 0 Å². The second kappa shape index (κ2) is 7.51. The Labute approximate surface area is 149 Å². The van der Waals surface area contributed by atoms with Gasteiger partial charge in [-0.3, -0.25) is 4.79 Å². The predicted octanol–water partition coefficient (Wildman–Crippen LogP) is 1.58. The van der Waals surface area contributed by atoms with Gasteiger partial charge >= 0.3 is 0 Å². The van der Waals surface area contributed by atoms with E-state index in [2.05, 4.69) is 20.7 Å². The number of benzene rings is 2. The molecule has 2 aromatic carbocycles. The lowest BCUT2D eigenvalue weighted by Gasteiger charge is -2.11. The van der Waals surface area contributed by atoms with Crippen molar-refractivity contribution in [1.82, 2.24) is 20.2 Å². The second-order valence-electron chi connectivity index (χ2n) is 5.35. The fraction of sp³-hybridized carbons (Fsp3) is 0.176. The zero-order chi connectivity index (χ0) is 18.5. The number of aromatic nitrogens is 4. The first-order chi connectivity index (χ1) is 12.6. The first-order valence-corrected chi connectivity index (χ1v) is 7.75. The van der Waals surface area contributed by atoms with E-state index in [-0.39, 0.29) is 12.5 Å². The van der Waals surface area contributed by atoms with E-state index in [0.29, 0.717) is 34.3 Å². The minimum absolute atomic E-state index is 0.102. The molecule has 0 saturated carbocycles. The van der Waals surface area contributed by atoms with Crippen LogP contribution in [0.5, 0.6) is 11.5 Å². The van der Waals surface area contributed by atoms with Crippen molar-refractivity contribution in [2.75, 3.05) is 25.3 Å². The second-order valence-corrected chi connectivity index (χ2v) is 5.35. The number of tetrazole rings is 1. The van der Waals surface area contributed by atoms with Gasteiger partial charge in [-0.1, -0.05) is 12.1 Å². The summed E-state index contributed by atoms with van der Waals surface area (Å²) in [5, 5.41) is 14.8. The maximum absolute atomic E-state index is 12.3. The Morgan fingerprint density at radius 1 is 1.19 bits per heavy atom.